The Kier molecular flexibility index (Phi) is 4.42. The number of halogens is 1. The fourth-order valence-electron chi connectivity index (χ4n) is 1.95. The molecule has 1 aliphatic carbocycles. The summed E-state index contributed by atoms with van der Waals surface area (Å²) >= 11 is 5.77. The maximum atomic E-state index is 12.4. The number of hydrogen-bond acceptors (Lipinski definition) is 3. The van der Waals surface area contributed by atoms with Gasteiger partial charge in [0, 0.05) is 18.8 Å². The molecular weight excluding hydrogens is 262 g/mol. The second-order valence-electron chi connectivity index (χ2n) is 5.46. The Morgan fingerprint density at radius 3 is 2.68 bits per heavy atom. The lowest BCUT2D eigenvalue weighted by atomic mass is 10.0. The lowest BCUT2D eigenvalue weighted by Crippen LogP contribution is -2.47. The van der Waals surface area contributed by atoms with Crippen LogP contribution in [0, 0.1) is 5.92 Å². The largest absolute Gasteiger partial charge is 0.334 e. The number of nitrogens with two attached hydrogens (primary N) is 1. The first-order chi connectivity index (χ1) is 8.99. The molecule has 19 heavy (non-hydrogen) atoms. The summed E-state index contributed by atoms with van der Waals surface area (Å²) in [6.45, 7) is 4.50. The minimum absolute atomic E-state index is 0.0347. The van der Waals surface area contributed by atoms with E-state index in [-0.39, 0.29) is 11.8 Å². The van der Waals surface area contributed by atoms with E-state index in [1.165, 1.54) is 0 Å². The van der Waals surface area contributed by atoms with Gasteiger partial charge >= 0.3 is 0 Å². The highest BCUT2D eigenvalue weighted by atomic mass is 35.5. The molecule has 1 aromatic heterocycles. The third-order valence-corrected chi connectivity index (χ3v) is 3.64. The van der Waals surface area contributed by atoms with E-state index in [9.17, 15) is 4.79 Å². The third kappa shape index (κ3) is 3.67. The molecule has 0 spiro atoms. The Hall–Kier alpha value is -1.13. The van der Waals surface area contributed by atoms with E-state index < -0.39 is 6.04 Å². The van der Waals surface area contributed by atoms with Crippen LogP contribution in [-0.4, -0.2) is 27.9 Å². The topological polar surface area (TPSA) is 59.2 Å². The summed E-state index contributed by atoms with van der Waals surface area (Å²) < 4.78 is 0. The van der Waals surface area contributed by atoms with Gasteiger partial charge in [0.25, 0.3) is 0 Å². The summed E-state index contributed by atoms with van der Waals surface area (Å²) in [4.78, 5) is 18.3. The van der Waals surface area contributed by atoms with Crippen LogP contribution in [-0.2, 0) is 11.3 Å². The molecule has 4 nitrogen and oxygen atoms in total. The highest BCUT2D eigenvalue weighted by molar-refractivity contribution is 6.29. The number of carbonyl (C=O) groups excluding carboxylic acids is 1. The van der Waals surface area contributed by atoms with E-state index in [0.29, 0.717) is 17.7 Å². The van der Waals surface area contributed by atoms with Crippen molar-refractivity contribution in [2.75, 3.05) is 0 Å². The molecule has 0 radical (unpaired) electrons. The normalized spacial score (nSPS) is 16.5. The van der Waals surface area contributed by atoms with Gasteiger partial charge < -0.3 is 10.6 Å². The molecule has 1 aliphatic rings. The Balaban J connectivity index is 2.08. The zero-order valence-electron chi connectivity index (χ0n) is 11.3. The predicted molar refractivity (Wildman–Crippen MR) is 75.6 cm³/mol. The van der Waals surface area contributed by atoms with Crippen LogP contribution in [0.15, 0.2) is 18.3 Å². The van der Waals surface area contributed by atoms with Crippen molar-refractivity contribution >= 4 is 17.5 Å². The van der Waals surface area contributed by atoms with E-state index in [2.05, 4.69) is 4.98 Å². The van der Waals surface area contributed by atoms with Crippen molar-refractivity contribution in [3.8, 4) is 0 Å². The second kappa shape index (κ2) is 5.88. The molecule has 2 rings (SSSR count). The molecule has 104 valence electrons. The van der Waals surface area contributed by atoms with E-state index in [0.717, 1.165) is 18.4 Å². The van der Waals surface area contributed by atoms with Crippen LogP contribution in [0.5, 0.6) is 0 Å². The van der Waals surface area contributed by atoms with Gasteiger partial charge in [-0.15, -0.1) is 0 Å². The van der Waals surface area contributed by atoms with Gasteiger partial charge in [-0.3, -0.25) is 4.79 Å². The number of nitrogens with zero attached hydrogens (tertiary/aromatic N) is 2. The molecule has 1 amide bonds. The van der Waals surface area contributed by atoms with Crippen LogP contribution in [0.25, 0.3) is 0 Å². The van der Waals surface area contributed by atoms with Gasteiger partial charge in [0.1, 0.15) is 5.15 Å². The molecule has 0 aliphatic heterocycles. The summed E-state index contributed by atoms with van der Waals surface area (Å²) in [5.41, 5.74) is 6.96. The Bertz CT molecular complexity index is 443. The summed E-state index contributed by atoms with van der Waals surface area (Å²) in [5.74, 6) is 0.185. The van der Waals surface area contributed by atoms with E-state index in [4.69, 9.17) is 17.3 Å². The minimum Gasteiger partial charge on any atom is -0.334 e. The zero-order valence-corrected chi connectivity index (χ0v) is 12.1. The lowest BCUT2D eigenvalue weighted by Gasteiger charge is -2.27. The summed E-state index contributed by atoms with van der Waals surface area (Å²) in [6, 6.07) is 3.56. The zero-order chi connectivity index (χ0) is 14.0. The monoisotopic (exact) mass is 281 g/mol. The Morgan fingerprint density at radius 1 is 1.53 bits per heavy atom. The van der Waals surface area contributed by atoms with Crippen molar-refractivity contribution in [2.45, 2.75) is 45.3 Å². The molecule has 1 unspecified atom stereocenters. The first-order valence-electron chi connectivity index (χ1n) is 6.65. The number of carbonyl (C=O) groups is 1. The molecule has 1 heterocycles. The highest BCUT2D eigenvalue weighted by Crippen LogP contribution is 2.29. The standard InChI is InChI=1S/C14H20ClN3O/c1-9(2)13(16)14(19)18(11-4-5-11)8-10-3-6-12(15)17-7-10/h3,6-7,9,11,13H,4-5,8,16H2,1-2H3. The maximum absolute atomic E-state index is 12.4. The van der Waals surface area contributed by atoms with Crippen LogP contribution in [0.4, 0.5) is 0 Å². The van der Waals surface area contributed by atoms with Gasteiger partial charge in [-0.1, -0.05) is 31.5 Å². The predicted octanol–water partition coefficient (Wildman–Crippen LogP) is 2.21. The van der Waals surface area contributed by atoms with E-state index in [1.807, 2.05) is 24.8 Å². The smallest absolute Gasteiger partial charge is 0.240 e. The minimum atomic E-state index is -0.430. The second-order valence-corrected chi connectivity index (χ2v) is 5.84. The first-order valence-corrected chi connectivity index (χ1v) is 7.03. The molecule has 1 fully saturated rings. The average Bonchev–Trinajstić information content (AvgIpc) is 3.20. The van der Waals surface area contributed by atoms with Crippen LogP contribution < -0.4 is 5.73 Å². The van der Waals surface area contributed by atoms with Crippen molar-refractivity contribution < 1.29 is 4.79 Å². The fourth-order valence-corrected chi connectivity index (χ4v) is 2.06. The fraction of sp³-hybridized carbons (Fsp3) is 0.571. The van der Waals surface area contributed by atoms with Crippen molar-refractivity contribution in [2.24, 2.45) is 11.7 Å². The van der Waals surface area contributed by atoms with Crippen molar-refractivity contribution in [1.82, 2.24) is 9.88 Å². The van der Waals surface area contributed by atoms with Crippen molar-refractivity contribution in [3.63, 3.8) is 0 Å². The van der Waals surface area contributed by atoms with Gasteiger partial charge in [0.2, 0.25) is 5.91 Å². The molecule has 1 aromatic rings. The van der Waals surface area contributed by atoms with Crippen LogP contribution in [0.3, 0.4) is 0 Å². The number of hydrogen-bond donors (Lipinski definition) is 1. The molecule has 0 bridgehead atoms. The van der Waals surface area contributed by atoms with Gasteiger partial charge in [-0.05, 0) is 30.4 Å². The Morgan fingerprint density at radius 2 is 2.21 bits per heavy atom. The number of pyridine rings is 1. The molecular formula is C14H20ClN3O. The van der Waals surface area contributed by atoms with Crippen molar-refractivity contribution in [1.29, 1.82) is 0 Å². The molecule has 5 heteroatoms. The summed E-state index contributed by atoms with van der Waals surface area (Å²) in [6.07, 6.45) is 3.85. The van der Waals surface area contributed by atoms with Crippen LogP contribution in [0.1, 0.15) is 32.3 Å². The molecule has 1 atom stereocenters. The van der Waals surface area contributed by atoms with Crippen LogP contribution >= 0.6 is 11.6 Å². The van der Waals surface area contributed by atoms with E-state index >= 15 is 0 Å². The molecule has 0 saturated heterocycles. The number of rotatable bonds is 5. The van der Waals surface area contributed by atoms with Gasteiger partial charge in [0.15, 0.2) is 0 Å². The maximum Gasteiger partial charge on any atom is 0.240 e. The molecule has 1 saturated carbocycles. The summed E-state index contributed by atoms with van der Waals surface area (Å²) in [5, 5.41) is 0.465. The third-order valence-electron chi connectivity index (χ3n) is 3.42. The highest BCUT2D eigenvalue weighted by Gasteiger charge is 2.35. The van der Waals surface area contributed by atoms with Crippen LogP contribution in [0.2, 0.25) is 5.15 Å². The van der Waals surface area contributed by atoms with Gasteiger partial charge in [-0.25, -0.2) is 4.98 Å². The quantitative estimate of drug-likeness (QED) is 0.842. The molecule has 2 N–H and O–H groups in total. The first kappa shape index (κ1) is 14.3. The van der Waals surface area contributed by atoms with Gasteiger partial charge in [-0.2, -0.15) is 0 Å². The van der Waals surface area contributed by atoms with Gasteiger partial charge in [0.05, 0.1) is 6.04 Å². The summed E-state index contributed by atoms with van der Waals surface area (Å²) in [7, 11) is 0. The number of amides is 1. The lowest BCUT2D eigenvalue weighted by molar-refractivity contribution is -0.134. The SMILES string of the molecule is CC(C)C(N)C(=O)N(Cc1ccc(Cl)nc1)C1CC1. The number of aromatic nitrogens is 1. The Labute approximate surface area is 118 Å². The molecule has 0 aromatic carbocycles. The van der Waals surface area contributed by atoms with Crippen molar-refractivity contribution in [3.05, 3.63) is 29.0 Å². The van der Waals surface area contributed by atoms with E-state index in [1.54, 1.807) is 12.3 Å². The average molecular weight is 282 g/mol.